The fourth-order valence-corrected chi connectivity index (χ4v) is 2.55. The molecular weight excluding hydrogens is 274 g/mol. The van der Waals surface area contributed by atoms with Gasteiger partial charge >= 0.3 is 5.97 Å². The lowest BCUT2D eigenvalue weighted by Gasteiger charge is -2.23. The lowest BCUT2D eigenvalue weighted by molar-refractivity contribution is -0.870. The number of carbonyl (C=O) groups excluding carboxylic acids is 1. The summed E-state index contributed by atoms with van der Waals surface area (Å²) in [6.45, 7) is 3.88. The van der Waals surface area contributed by atoms with Gasteiger partial charge in [-0.25, -0.2) is 0 Å². The zero-order valence-electron chi connectivity index (χ0n) is 15.7. The quantitative estimate of drug-likeness (QED) is 0.243. The van der Waals surface area contributed by atoms with Gasteiger partial charge in [0.25, 0.3) is 0 Å². The Morgan fingerprint density at radius 3 is 1.77 bits per heavy atom. The normalized spacial score (nSPS) is 11.6. The largest absolute Gasteiger partial charge is 0.465 e. The van der Waals surface area contributed by atoms with Gasteiger partial charge in [0.1, 0.15) is 0 Å². The maximum atomic E-state index is 11.6. The number of ether oxygens (including phenoxy) is 1. The SMILES string of the molecule is CCCCCCCCCCCCC(=O)OCCC[N+](C)(C)C. The first kappa shape index (κ1) is 21.4. The smallest absolute Gasteiger partial charge is 0.305 e. The van der Waals surface area contributed by atoms with E-state index in [2.05, 4.69) is 28.1 Å². The van der Waals surface area contributed by atoms with Crippen LogP contribution in [0.3, 0.4) is 0 Å². The Kier molecular flexibility index (Phi) is 13.7. The first-order chi connectivity index (χ1) is 10.5. The molecule has 0 rings (SSSR count). The Hall–Kier alpha value is -0.570. The van der Waals surface area contributed by atoms with E-state index in [9.17, 15) is 4.79 Å². The van der Waals surface area contributed by atoms with Crippen LogP contribution >= 0.6 is 0 Å². The minimum atomic E-state index is -0.0130. The van der Waals surface area contributed by atoms with Gasteiger partial charge in [0.15, 0.2) is 0 Å². The van der Waals surface area contributed by atoms with Crippen molar-refractivity contribution in [3.05, 3.63) is 0 Å². The van der Waals surface area contributed by atoms with E-state index in [0.29, 0.717) is 13.0 Å². The van der Waals surface area contributed by atoms with Crippen molar-refractivity contribution in [3.8, 4) is 0 Å². The van der Waals surface area contributed by atoms with E-state index in [1.807, 2.05) is 0 Å². The number of nitrogens with zero attached hydrogens (tertiary/aromatic N) is 1. The molecule has 3 heteroatoms. The minimum absolute atomic E-state index is 0.0130. The highest BCUT2D eigenvalue weighted by atomic mass is 16.5. The molecule has 0 aromatic heterocycles. The highest BCUT2D eigenvalue weighted by Crippen LogP contribution is 2.11. The maximum absolute atomic E-state index is 11.6. The molecule has 0 aliphatic rings. The molecule has 0 atom stereocenters. The molecule has 3 nitrogen and oxygen atoms in total. The van der Waals surface area contributed by atoms with Gasteiger partial charge in [-0.3, -0.25) is 4.79 Å². The van der Waals surface area contributed by atoms with Gasteiger partial charge < -0.3 is 9.22 Å². The van der Waals surface area contributed by atoms with Crippen LogP contribution in [0.4, 0.5) is 0 Å². The third-order valence-electron chi connectivity index (χ3n) is 3.97. The second-order valence-corrected chi connectivity index (χ2v) is 7.52. The lowest BCUT2D eigenvalue weighted by Crippen LogP contribution is -2.35. The van der Waals surface area contributed by atoms with Crippen molar-refractivity contribution in [1.29, 1.82) is 0 Å². The molecule has 0 bridgehead atoms. The zero-order chi connectivity index (χ0) is 16.7. The van der Waals surface area contributed by atoms with E-state index in [1.54, 1.807) is 0 Å². The maximum Gasteiger partial charge on any atom is 0.305 e. The number of hydrogen-bond donors (Lipinski definition) is 0. The van der Waals surface area contributed by atoms with Crippen molar-refractivity contribution in [3.63, 3.8) is 0 Å². The summed E-state index contributed by atoms with van der Waals surface area (Å²) < 4.78 is 6.20. The van der Waals surface area contributed by atoms with Crippen LogP contribution in [-0.4, -0.2) is 44.7 Å². The minimum Gasteiger partial charge on any atom is -0.465 e. The zero-order valence-corrected chi connectivity index (χ0v) is 15.7. The molecule has 0 saturated carbocycles. The van der Waals surface area contributed by atoms with Crippen molar-refractivity contribution in [2.45, 2.75) is 84.0 Å². The molecule has 0 unspecified atom stereocenters. The first-order valence-corrected chi connectivity index (χ1v) is 9.42. The van der Waals surface area contributed by atoms with E-state index >= 15 is 0 Å². The highest BCUT2D eigenvalue weighted by Gasteiger charge is 2.07. The Bertz CT molecular complexity index is 259. The standard InChI is InChI=1S/C19H40NO2/c1-5-6-7-8-9-10-11-12-13-14-16-19(21)22-18-15-17-20(2,3)4/h5-18H2,1-4H3/q+1. The third kappa shape index (κ3) is 17.5. The van der Waals surface area contributed by atoms with Crippen LogP contribution in [0.5, 0.6) is 0 Å². The number of quaternary nitrogens is 1. The van der Waals surface area contributed by atoms with Gasteiger partial charge in [0.05, 0.1) is 34.3 Å². The first-order valence-electron chi connectivity index (χ1n) is 9.42. The molecular formula is C19H40NO2+. The van der Waals surface area contributed by atoms with Crippen LogP contribution in [0, 0.1) is 0 Å². The highest BCUT2D eigenvalue weighted by molar-refractivity contribution is 5.69. The Labute approximate surface area is 139 Å². The van der Waals surface area contributed by atoms with Crippen molar-refractivity contribution in [2.75, 3.05) is 34.3 Å². The number of esters is 1. The molecule has 0 radical (unpaired) electrons. The van der Waals surface area contributed by atoms with Gasteiger partial charge in [-0.1, -0.05) is 64.7 Å². The third-order valence-corrected chi connectivity index (χ3v) is 3.97. The topological polar surface area (TPSA) is 26.3 Å². The van der Waals surface area contributed by atoms with Crippen molar-refractivity contribution < 1.29 is 14.0 Å². The molecule has 0 fully saturated rings. The van der Waals surface area contributed by atoms with Gasteiger partial charge in [0.2, 0.25) is 0 Å². The predicted molar refractivity (Wildman–Crippen MR) is 94.9 cm³/mol. The van der Waals surface area contributed by atoms with Crippen LogP contribution in [0.15, 0.2) is 0 Å². The predicted octanol–water partition coefficient (Wildman–Crippen LogP) is 4.94. The molecule has 22 heavy (non-hydrogen) atoms. The van der Waals surface area contributed by atoms with E-state index in [-0.39, 0.29) is 5.97 Å². The van der Waals surface area contributed by atoms with E-state index < -0.39 is 0 Å². The number of carbonyl (C=O) groups is 1. The summed E-state index contributed by atoms with van der Waals surface area (Å²) in [6.07, 6.45) is 14.5. The van der Waals surface area contributed by atoms with Crippen molar-refractivity contribution in [1.82, 2.24) is 0 Å². The monoisotopic (exact) mass is 314 g/mol. The number of unbranched alkanes of at least 4 members (excludes halogenated alkanes) is 9. The molecule has 0 aliphatic carbocycles. The summed E-state index contributed by atoms with van der Waals surface area (Å²) in [6, 6.07) is 0. The number of rotatable bonds is 15. The van der Waals surface area contributed by atoms with Crippen LogP contribution < -0.4 is 0 Å². The molecule has 132 valence electrons. The van der Waals surface area contributed by atoms with Gasteiger partial charge in [0, 0.05) is 12.8 Å². The summed E-state index contributed by atoms with van der Waals surface area (Å²) >= 11 is 0. The van der Waals surface area contributed by atoms with Crippen LogP contribution in [0.2, 0.25) is 0 Å². The molecule has 0 aromatic rings. The van der Waals surface area contributed by atoms with E-state index in [4.69, 9.17) is 4.74 Å². The molecule has 0 saturated heterocycles. The fraction of sp³-hybridized carbons (Fsp3) is 0.947. The summed E-state index contributed by atoms with van der Waals surface area (Å²) in [4.78, 5) is 11.6. The van der Waals surface area contributed by atoms with Crippen LogP contribution in [-0.2, 0) is 9.53 Å². The molecule has 0 spiro atoms. The molecule has 0 aromatic carbocycles. The Balaban J connectivity index is 3.22. The van der Waals surface area contributed by atoms with Crippen LogP contribution in [0.25, 0.3) is 0 Å². The second kappa shape index (κ2) is 14.0. The summed E-state index contributed by atoms with van der Waals surface area (Å²) in [5.41, 5.74) is 0. The van der Waals surface area contributed by atoms with Crippen molar-refractivity contribution in [2.24, 2.45) is 0 Å². The molecule has 0 aliphatic heterocycles. The van der Waals surface area contributed by atoms with Crippen molar-refractivity contribution >= 4 is 5.97 Å². The Morgan fingerprint density at radius 2 is 1.27 bits per heavy atom. The van der Waals surface area contributed by atoms with Gasteiger partial charge in [-0.15, -0.1) is 0 Å². The Morgan fingerprint density at radius 1 is 0.773 bits per heavy atom. The molecule has 0 heterocycles. The second-order valence-electron chi connectivity index (χ2n) is 7.52. The van der Waals surface area contributed by atoms with Gasteiger partial charge in [-0.05, 0) is 6.42 Å². The summed E-state index contributed by atoms with van der Waals surface area (Å²) in [7, 11) is 6.48. The summed E-state index contributed by atoms with van der Waals surface area (Å²) in [5, 5.41) is 0. The van der Waals surface area contributed by atoms with Gasteiger partial charge in [-0.2, -0.15) is 0 Å². The molecule has 0 N–H and O–H groups in total. The summed E-state index contributed by atoms with van der Waals surface area (Å²) in [5.74, 6) is -0.0130. The van der Waals surface area contributed by atoms with E-state index in [0.717, 1.165) is 23.9 Å². The lowest BCUT2D eigenvalue weighted by atomic mass is 10.1. The average Bonchev–Trinajstić information content (AvgIpc) is 2.44. The van der Waals surface area contributed by atoms with E-state index in [1.165, 1.54) is 57.8 Å². The molecule has 0 amide bonds. The number of hydrogen-bond acceptors (Lipinski definition) is 2. The fourth-order valence-electron chi connectivity index (χ4n) is 2.55. The van der Waals surface area contributed by atoms with Crippen LogP contribution in [0.1, 0.15) is 84.0 Å². The average molecular weight is 315 g/mol.